The third-order valence-corrected chi connectivity index (χ3v) is 6.99. The fraction of sp³-hybridized carbons (Fsp3) is 0.556. The zero-order chi connectivity index (χ0) is 23.3. The maximum atomic E-state index is 13.7. The van der Waals surface area contributed by atoms with Crippen LogP contribution < -0.4 is 4.74 Å². The Morgan fingerprint density at radius 3 is 1.91 bits per heavy atom. The summed E-state index contributed by atoms with van der Waals surface area (Å²) in [7, 11) is 3.34. The van der Waals surface area contributed by atoms with Crippen molar-refractivity contribution < 1.29 is 19.1 Å². The number of allylic oxidation sites excluding steroid dienone is 4. The van der Waals surface area contributed by atoms with Crippen LogP contribution >= 0.6 is 0 Å². The Morgan fingerprint density at radius 2 is 1.41 bits per heavy atom. The highest BCUT2D eigenvalue weighted by molar-refractivity contribution is 6.07. The van der Waals surface area contributed by atoms with Crippen LogP contribution in [0.25, 0.3) is 0 Å². The van der Waals surface area contributed by atoms with Crippen LogP contribution in [0.15, 0.2) is 46.8 Å². The molecule has 0 fully saturated rings. The van der Waals surface area contributed by atoms with Crippen molar-refractivity contribution >= 4 is 11.6 Å². The van der Waals surface area contributed by atoms with Crippen molar-refractivity contribution in [2.24, 2.45) is 10.8 Å². The Hall–Kier alpha value is -2.40. The van der Waals surface area contributed by atoms with Crippen LogP contribution in [0.5, 0.6) is 5.75 Å². The van der Waals surface area contributed by atoms with Gasteiger partial charge in [-0.2, -0.15) is 0 Å². The summed E-state index contributed by atoms with van der Waals surface area (Å²) in [6.07, 6.45) is 2.57. The van der Waals surface area contributed by atoms with Gasteiger partial charge in [0.2, 0.25) is 0 Å². The van der Waals surface area contributed by atoms with Gasteiger partial charge in [0, 0.05) is 60.5 Å². The average molecular weight is 438 g/mol. The van der Waals surface area contributed by atoms with E-state index in [-0.39, 0.29) is 28.3 Å². The fourth-order valence-corrected chi connectivity index (χ4v) is 5.72. The molecule has 5 heteroatoms. The highest BCUT2D eigenvalue weighted by Crippen LogP contribution is 2.55. The maximum absolute atomic E-state index is 13.7. The van der Waals surface area contributed by atoms with Gasteiger partial charge in [0.05, 0.1) is 13.7 Å². The van der Waals surface area contributed by atoms with E-state index < -0.39 is 0 Å². The Bertz CT molecular complexity index is 960. The Morgan fingerprint density at radius 1 is 0.875 bits per heavy atom. The first-order valence-corrected chi connectivity index (χ1v) is 11.5. The van der Waals surface area contributed by atoms with Crippen LogP contribution in [0.1, 0.15) is 64.9 Å². The van der Waals surface area contributed by atoms with Gasteiger partial charge in [-0.15, -0.1) is 0 Å². The van der Waals surface area contributed by atoms with Crippen LogP contribution in [0, 0.1) is 10.8 Å². The lowest BCUT2D eigenvalue weighted by molar-refractivity contribution is -0.119. The minimum absolute atomic E-state index is 0.126. The standard InChI is InChI=1S/C27H35NO4/c1-26(2)13-18-24(20(29)15-26)23(17-9-7-8-10-22(17)32-6)25-19(28(18)11-12-31-5)14-27(3,4)16-21(25)30/h7-10,23H,11-16H2,1-6H3. The SMILES string of the molecule is COCCN1C2=C(C(=O)CC(C)(C)C2)C(c2ccccc2OC)C2=C1CC(C)(C)CC2=O. The van der Waals surface area contributed by atoms with Gasteiger partial charge in [-0.25, -0.2) is 0 Å². The lowest BCUT2D eigenvalue weighted by atomic mass is 9.63. The summed E-state index contributed by atoms with van der Waals surface area (Å²) in [5.41, 5.74) is 4.32. The quantitative estimate of drug-likeness (QED) is 0.647. The fourth-order valence-electron chi connectivity index (χ4n) is 5.72. The van der Waals surface area contributed by atoms with Gasteiger partial charge >= 0.3 is 0 Å². The van der Waals surface area contributed by atoms with Gasteiger partial charge in [0.1, 0.15) is 5.75 Å². The van der Waals surface area contributed by atoms with Crippen molar-refractivity contribution in [2.75, 3.05) is 27.4 Å². The molecular formula is C27H35NO4. The lowest BCUT2D eigenvalue weighted by Crippen LogP contribution is -2.45. The zero-order valence-electron chi connectivity index (χ0n) is 20.2. The van der Waals surface area contributed by atoms with E-state index in [2.05, 4.69) is 32.6 Å². The highest BCUT2D eigenvalue weighted by Gasteiger charge is 2.49. The summed E-state index contributed by atoms with van der Waals surface area (Å²) in [5.74, 6) is 0.622. The molecule has 172 valence electrons. The van der Waals surface area contributed by atoms with E-state index in [9.17, 15) is 9.59 Å². The van der Waals surface area contributed by atoms with Gasteiger partial charge in [-0.1, -0.05) is 45.9 Å². The molecule has 2 aliphatic carbocycles. The third-order valence-electron chi connectivity index (χ3n) is 6.99. The Balaban J connectivity index is 2.00. The topological polar surface area (TPSA) is 55.8 Å². The normalized spacial score (nSPS) is 22.8. The van der Waals surface area contributed by atoms with E-state index in [0.717, 1.165) is 46.7 Å². The predicted octanol–water partition coefficient (Wildman–Crippen LogP) is 5.03. The number of ether oxygens (including phenoxy) is 2. The van der Waals surface area contributed by atoms with Crippen LogP contribution in [-0.4, -0.2) is 43.8 Å². The van der Waals surface area contributed by atoms with E-state index in [4.69, 9.17) is 9.47 Å². The van der Waals surface area contributed by atoms with Crippen LogP contribution in [0.2, 0.25) is 0 Å². The van der Waals surface area contributed by atoms with Crippen LogP contribution in [0.3, 0.4) is 0 Å². The molecule has 0 atom stereocenters. The third kappa shape index (κ3) is 3.92. The smallest absolute Gasteiger partial charge is 0.162 e. The number of carbonyl (C=O) groups is 2. The number of ketones is 2. The summed E-state index contributed by atoms with van der Waals surface area (Å²) in [4.78, 5) is 29.6. The van der Waals surface area contributed by atoms with E-state index >= 15 is 0 Å². The van der Waals surface area contributed by atoms with E-state index in [1.807, 2.05) is 24.3 Å². The van der Waals surface area contributed by atoms with E-state index in [1.54, 1.807) is 14.2 Å². The second-order valence-corrected chi connectivity index (χ2v) is 10.9. The van der Waals surface area contributed by atoms with Crippen molar-refractivity contribution in [1.29, 1.82) is 0 Å². The van der Waals surface area contributed by atoms with Crippen LogP contribution in [0.4, 0.5) is 0 Å². The number of hydrogen-bond donors (Lipinski definition) is 0. The molecule has 1 heterocycles. The number of benzene rings is 1. The number of methoxy groups -OCH3 is 2. The summed E-state index contributed by atoms with van der Waals surface area (Å²) >= 11 is 0. The summed E-state index contributed by atoms with van der Waals surface area (Å²) in [5, 5.41) is 0. The van der Waals surface area contributed by atoms with Crippen molar-refractivity contribution in [3.8, 4) is 5.75 Å². The van der Waals surface area contributed by atoms with Crippen molar-refractivity contribution in [1.82, 2.24) is 4.90 Å². The molecule has 5 nitrogen and oxygen atoms in total. The number of rotatable bonds is 5. The highest BCUT2D eigenvalue weighted by atomic mass is 16.5. The van der Waals surface area contributed by atoms with Gasteiger partial charge < -0.3 is 14.4 Å². The molecule has 0 saturated heterocycles. The Kier molecular flexibility index (Phi) is 5.83. The number of carbonyl (C=O) groups excluding carboxylic acids is 2. The zero-order valence-corrected chi connectivity index (χ0v) is 20.2. The molecule has 0 N–H and O–H groups in total. The summed E-state index contributed by atoms with van der Waals surface area (Å²) in [6, 6.07) is 7.81. The second kappa shape index (κ2) is 8.18. The minimum Gasteiger partial charge on any atom is -0.496 e. The molecule has 0 amide bonds. The number of nitrogens with zero attached hydrogens (tertiary/aromatic N) is 1. The molecule has 0 unspecified atom stereocenters. The second-order valence-electron chi connectivity index (χ2n) is 10.9. The first-order valence-electron chi connectivity index (χ1n) is 11.5. The molecule has 1 aliphatic heterocycles. The molecule has 0 aromatic heterocycles. The molecule has 0 bridgehead atoms. The molecule has 1 aromatic carbocycles. The lowest BCUT2D eigenvalue weighted by Gasteiger charge is -2.49. The molecule has 3 aliphatic rings. The van der Waals surface area contributed by atoms with Crippen molar-refractivity contribution in [3.63, 3.8) is 0 Å². The molecule has 0 spiro atoms. The summed E-state index contributed by atoms with van der Waals surface area (Å²) < 4.78 is 11.1. The average Bonchev–Trinajstić information content (AvgIpc) is 2.70. The predicted molar refractivity (Wildman–Crippen MR) is 124 cm³/mol. The largest absolute Gasteiger partial charge is 0.496 e. The van der Waals surface area contributed by atoms with Crippen molar-refractivity contribution in [2.45, 2.75) is 59.3 Å². The number of hydrogen-bond acceptors (Lipinski definition) is 5. The Labute approximate surface area is 191 Å². The maximum Gasteiger partial charge on any atom is 0.162 e. The monoisotopic (exact) mass is 437 g/mol. The first-order chi connectivity index (χ1) is 15.1. The summed E-state index contributed by atoms with van der Waals surface area (Å²) in [6.45, 7) is 9.79. The molecular weight excluding hydrogens is 402 g/mol. The van der Waals surface area contributed by atoms with E-state index in [1.165, 1.54) is 0 Å². The first kappa shape index (κ1) is 22.8. The van der Waals surface area contributed by atoms with Gasteiger partial charge in [0.25, 0.3) is 0 Å². The van der Waals surface area contributed by atoms with Crippen LogP contribution in [-0.2, 0) is 14.3 Å². The molecule has 4 rings (SSSR count). The number of para-hydroxylation sites is 1. The molecule has 32 heavy (non-hydrogen) atoms. The molecule has 0 saturated carbocycles. The van der Waals surface area contributed by atoms with Gasteiger partial charge in [0.15, 0.2) is 11.6 Å². The number of Topliss-reactive ketones (excluding diaryl/α,β-unsaturated/α-hetero) is 2. The molecule has 0 radical (unpaired) electrons. The molecule has 1 aromatic rings. The van der Waals surface area contributed by atoms with Crippen molar-refractivity contribution in [3.05, 3.63) is 52.4 Å². The minimum atomic E-state index is -0.373. The van der Waals surface area contributed by atoms with Gasteiger partial charge in [-0.05, 0) is 29.7 Å². The van der Waals surface area contributed by atoms with Gasteiger partial charge in [-0.3, -0.25) is 9.59 Å². The van der Waals surface area contributed by atoms with E-state index in [0.29, 0.717) is 26.0 Å².